The summed E-state index contributed by atoms with van der Waals surface area (Å²) in [4.78, 5) is 14.2. The van der Waals surface area contributed by atoms with Crippen LogP contribution in [0.25, 0.3) is 0 Å². The van der Waals surface area contributed by atoms with Crippen LogP contribution in [0.15, 0.2) is 24.3 Å². The Bertz CT molecular complexity index is 473. The summed E-state index contributed by atoms with van der Waals surface area (Å²) < 4.78 is 10.8. The average Bonchev–Trinajstić information content (AvgIpc) is 2.56. The largest absolute Gasteiger partial charge is 0.497 e. The first-order valence-corrected chi connectivity index (χ1v) is 7.97. The van der Waals surface area contributed by atoms with Crippen molar-refractivity contribution in [3.8, 4) is 5.75 Å². The van der Waals surface area contributed by atoms with Crippen LogP contribution in [-0.4, -0.2) is 50.8 Å². The number of rotatable bonds is 7. The number of nitrogens with one attached hydrogen (secondary N) is 1. The van der Waals surface area contributed by atoms with Gasteiger partial charge in [-0.25, -0.2) is 0 Å². The van der Waals surface area contributed by atoms with Crippen molar-refractivity contribution in [3.05, 3.63) is 29.8 Å². The quantitative estimate of drug-likeness (QED) is 0.837. The van der Waals surface area contributed by atoms with Gasteiger partial charge in [0.1, 0.15) is 5.75 Å². The zero-order valence-electron chi connectivity index (χ0n) is 13.5. The van der Waals surface area contributed by atoms with E-state index in [4.69, 9.17) is 9.47 Å². The molecule has 0 aliphatic carbocycles. The van der Waals surface area contributed by atoms with Gasteiger partial charge in [-0.3, -0.25) is 9.69 Å². The second-order valence-corrected chi connectivity index (χ2v) is 5.49. The maximum Gasteiger partial charge on any atom is 0.220 e. The molecule has 1 unspecified atom stereocenters. The van der Waals surface area contributed by atoms with Crippen molar-refractivity contribution in [2.24, 2.45) is 0 Å². The summed E-state index contributed by atoms with van der Waals surface area (Å²) in [5, 5.41) is 3.05. The van der Waals surface area contributed by atoms with Crippen LogP contribution in [0.4, 0.5) is 0 Å². The van der Waals surface area contributed by atoms with Gasteiger partial charge in [-0.05, 0) is 24.1 Å². The van der Waals surface area contributed by atoms with E-state index < -0.39 is 0 Å². The molecule has 1 N–H and O–H groups in total. The van der Waals surface area contributed by atoms with E-state index in [1.54, 1.807) is 7.11 Å². The Kier molecular flexibility index (Phi) is 6.68. The SMILES string of the molecule is CCCC(=O)NCC(c1cccc(OC)c1)N1CCOCC1. The Morgan fingerprint density at radius 1 is 1.41 bits per heavy atom. The molecule has 1 aliphatic rings. The van der Waals surface area contributed by atoms with Gasteiger partial charge in [0, 0.05) is 26.1 Å². The predicted molar refractivity (Wildman–Crippen MR) is 86.0 cm³/mol. The molecule has 0 spiro atoms. The van der Waals surface area contributed by atoms with E-state index in [9.17, 15) is 4.79 Å². The number of hydrogen-bond acceptors (Lipinski definition) is 4. The van der Waals surface area contributed by atoms with Crippen molar-refractivity contribution < 1.29 is 14.3 Å². The summed E-state index contributed by atoms with van der Waals surface area (Å²) in [6.45, 7) is 5.87. The molecule has 2 rings (SSSR count). The molecule has 1 amide bonds. The molecule has 1 heterocycles. The van der Waals surface area contributed by atoms with Crippen molar-refractivity contribution in [2.75, 3.05) is 40.0 Å². The molecule has 122 valence electrons. The molecule has 0 bridgehead atoms. The highest BCUT2D eigenvalue weighted by Gasteiger charge is 2.23. The summed E-state index contributed by atoms with van der Waals surface area (Å²) in [6, 6.07) is 8.23. The predicted octanol–water partition coefficient (Wildman–Crippen LogP) is 1.98. The summed E-state index contributed by atoms with van der Waals surface area (Å²) in [5.74, 6) is 0.958. The Balaban J connectivity index is 2.10. The van der Waals surface area contributed by atoms with Crippen molar-refractivity contribution >= 4 is 5.91 Å². The molecule has 5 heteroatoms. The van der Waals surface area contributed by atoms with Gasteiger partial charge in [0.2, 0.25) is 5.91 Å². The first-order chi connectivity index (χ1) is 10.7. The highest BCUT2D eigenvalue weighted by molar-refractivity contribution is 5.75. The van der Waals surface area contributed by atoms with Crippen LogP contribution in [0.1, 0.15) is 31.4 Å². The third-order valence-electron chi connectivity index (χ3n) is 3.93. The molecule has 1 fully saturated rings. The maximum atomic E-state index is 11.8. The minimum atomic E-state index is 0.114. The van der Waals surface area contributed by atoms with Crippen LogP contribution in [0.5, 0.6) is 5.75 Å². The van der Waals surface area contributed by atoms with Crippen molar-refractivity contribution in [1.82, 2.24) is 10.2 Å². The van der Waals surface area contributed by atoms with Gasteiger partial charge in [0.05, 0.1) is 26.4 Å². The number of nitrogens with zero attached hydrogens (tertiary/aromatic N) is 1. The molecular formula is C17H26N2O3. The molecule has 0 radical (unpaired) electrons. The number of methoxy groups -OCH3 is 1. The molecular weight excluding hydrogens is 280 g/mol. The third kappa shape index (κ3) is 4.71. The Morgan fingerprint density at radius 2 is 2.18 bits per heavy atom. The summed E-state index contributed by atoms with van der Waals surface area (Å²) in [5.41, 5.74) is 1.16. The standard InChI is InChI=1S/C17H26N2O3/c1-3-5-17(20)18-13-16(19-8-10-22-11-9-19)14-6-4-7-15(12-14)21-2/h4,6-7,12,16H,3,5,8-11,13H2,1-2H3,(H,18,20). The van der Waals surface area contributed by atoms with E-state index >= 15 is 0 Å². The molecule has 1 aliphatic heterocycles. The van der Waals surface area contributed by atoms with E-state index in [1.807, 2.05) is 25.1 Å². The van der Waals surface area contributed by atoms with Gasteiger partial charge >= 0.3 is 0 Å². The molecule has 22 heavy (non-hydrogen) atoms. The minimum Gasteiger partial charge on any atom is -0.497 e. The molecule has 1 aromatic rings. The van der Waals surface area contributed by atoms with E-state index in [0.29, 0.717) is 13.0 Å². The van der Waals surface area contributed by atoms with Crippen molar-refractivity contribution in [3.63, 3.8) is 0 Å². The number of ether oxygens (including phenoxy) is 2. The van der Waals surface area contributed by atoms with Crippen molar-refractivity contribution in [2.45, 2.75) is 25.8 Å². The molecule has 5 nitrogen and oxygen atoms in total. The Labute approximate surface area is 132 Å². The summed E-state index contributed by atoms with van der Waals surface area (Å²) in [7, 11) is 1.67. The van der Waals surface area contributed by atoms with Gasteiger partial charge in [-0.1, -0.05) is 19.1 Å². The van der Waals surface area contributed by atoms with Crippen molar-refractivity contribution in [1.29, 1.82) is 0 Å². The smallest absolute Gasteiger partial charge is 0.220 e. The number of morpholine rings is 1. The average molecular weight is 306 g/mol. The van der Waals surface area contributed by atoms with Gasteiger partial charge in [0.15, 0.2) is 0 Å². The first-order valence-electron chi connectivity index (χ1n) is 7.97. The molecule has 1 atom stereocenters. The second kappa shape index (κ2) is 8.76. The lowest BCUT2D eigenvalue weighted by molar-refractivity contribution is -0.121. The van der Waals surface area contributed by atoms with Gasteiger partial charge < -0.3 is 14.8 Å². The first kappa shape index (κ1) is 16.8. The molecule has 1 aromatic carbocycles. The molecule has 1 saturated heterocycles. The fourth-order valence-electron chi connectivity index (χ4n) is 2.72. The number of carbonyl (C=O) groups excluding carboxylic acids is 1. The number of carbonyl (C=O) groups is 1. The number of hydrogen-bond donors (Lipinski definition) is 1. The number of amides is 1. The summed E-state index contributed by atoms with van der Waals surface area (Å²) >= 11 is 0. The highest BCUT2D eigenvalue weighted by Crippen LogP contribution is 2.24. The van der Waals surface area contributed by atoms with Gasteiger partial charge in [-0.15, -0.1) is 0 Å². The highest BCUT2D eigenvalue weighted by atomic mass is 16.5. The lowest BCUT2D eigenvalue weighted by Gasteiger charge is -2.35. The topological polar surface area (TPSA) is 50.8 Å². The normalized spacial score (nSPS) is 17.0. The van der Waals surface area contributed by atoms with Gasteiger partial charge in [-0.2, -0.15) is 0 Å². The lowest BCUT2D eigenvalue weighted by Crippen LogP contribution is -2.43. The molecule has 0 aromatic heterocycles. The summed E-state index contributed by atoms with van der Waals surface area (Å²) in [6.07, 6.45) is 1.45. The fraction of sp³-hybridized carbons (Fsp3) is 0.588. The maximum absolute atomic E-state index is 11.8. The third-order valence-corrected chi connectivity index (χ3v) is 3.93. The Morgan fingerprint density at radius 3 is 2.86 bits per heavy atom. The van der Waals surface area contributed by atoms with E-state index in [-0.39, 0.29) is 11.9 Å². The van der Waals surface area contributed by atoms with Crippen LogP contribution in [0, 0.1) is 0 Å². The van der Waals surface area contributed by atoms with E-state index in [1.165, 1.54) is 0 Å². The van der Waals surface area contributed by atoms with E-state index in [2.05, 4.69) is 16.3 Å². The van der Waals surface area contributed by atoms with Gasteiger partial charge in [0.25, 0.3) is 0 Å². The zero-order chi connectivity index (χ0) is 15.8. The molecule has 0 saturated carbocycles. The zero-order valence-corrected chi connectivity index (χ0v) is 13.5. The van der Waals surface area contributed by atoms with Crippen LogP contribution in [-0.2, 0) is 9.53 Å². The monoisotopic (exact) mass is 306 g/mol. The van der Waals surface area contributed by atoms with E-state index in [0.717, 1.165) is 44.0 Å². The van der Waals surface area contributed by atoms with Crippen LogP contribution in [0.3, 0.4) is 0 Å². The van der Waals surface area contributed by atoms with Crippen LogP contribution >= 0.6 is 0 Å². The number of benzene rings is 1. The van der Waals surface area contributed by atoms with Crippen LogP contribution in [0.2, 0.25) is 0 Å². The second-order valence-electron chi connectivity index (χ2n) is 5.49. The minimum absolute atomic E-state index is 0.114. The Hall–Kier alpha value is -1.59. The van der Waals surface area contributed by atoms with Crippen LogP contribution < -0.4 is 10.1 Å². The fourth-order valence-corrected chi connectivity index (χ4v) is 2.72. The lowest BCUT2D eigenvalue weighted by atomic mass is 10.0.